The summed E-state index contributed by atoms with van der Waals surface area (Å²) >= 11 is 0. The van der Waals surface area contributed by atoms with Gasteiger partial charge in [-0.2, -0.15) is 5.10 Å². The van der Waals surface area contributed by atoms with Crippen LogP contribution in [0.1, 0.15) is 12.5 Å². The minimum atomic E-state index is -0.315. The molecule has 1 rings (SSSR count). The lowest BCUT2D eigenvalue weighted by Gasteiger charge is -2.03. The summed E-state index contributed by atoms with van der Waals surface area (Å²) in [5, 5.41) is 5.79. The van der Waals surface area contributed by atoms with Gasteiger partial charge in [0, 0.05) is 21.0 Å². The number of ether oxygens (including phenoxy) is 1. The topological polar surface area (TPSA) is 41.9 Å². The second-order valence-corrected chi connectivity index (χ2v) is 3.25. The van der Waals surface area contributed by atoms with E-state index in [1.54, 1.807) is 23.4 Å². The maximum Gasteiger partial charge on any atom is 0.308 e. The van der Waals surface area contributed by atoms with E-state index < -0.39 is 0 Å². The molecule has 0 aliphatic carbocycles. The van der Waals surface area contributed by atoms with Gasteiger partial charge in [-0.3, -0.25) is 4.79 Å². The van der Waals surface area contributed by atoms with Crippen LogP contribution < -0.4 is 4.74 Å². The smallest absolute Gasteiger partial charge is 0.308 e. The van der Waals surface area contributed by atoms with Crippen molar-refractivity contribution in [1.82, 2.24) is 5.01 Å². The predicted octanol–water partition coefficient (Wildman–Crippen LogP) is 1.51. The van der Waals surface area contributed by atoms with E-state index in [9.17, 15) is 4.79 Å². The number of hydrazone groups is 1. The first-order valence-electron chi connectivity index (χ1n) is 4.58. The second kappa shape index (κ2) is 5.14. The molecule has 0 unspecified atom stereocenters. The fourth-order valence-electron chi connectivity index (χ4n) is 0.970. The molecule has 0 bridgehead atoms. The Morgan fingerprint density at radius 3 is 2.40 bits per heavy atom. The second-order valence-electron chi connectivity index (χ2n) is 3.25. The Morgan fingerprint density at radius 2 is 1.93 bits per heavy atom. The molecule has 1 aromatic carbocycles. The summed E-state index contributed by atoms with van der Waals surface area (Å²) in [6, 6.07) is 7.15. The van der Waals surface area contributed by atoms with Crippen LogP contribution in [0.2, 0.25) is 0 Å². The molecule has 4 heteroatoms. The van der Waals surface area contributed by atoms with Crippen molar-refractivity contribution < 1.29 is 9.53 Å². The molecule has 0 saturated heterocycles. The van der Waals surface area contributed by atoms with E-state index in [-0.39, 0.29) is 5.97 Å². The number of carbonyl (C=O) groups is 1. The summed E-state index contributed by atoms with van der Waals surface area (Å²) in [7, 11) is 3.70. The van der Waals surface area contributed by atoms with E-state index in [0.717, 1.165) is 5.56 Å². The molecule has 4 nitrogen and oxygen atoms in total. The van der Waals surface area contributed by atoms with Crippen LogP contribution in [0.25, 0.3) is 0 Å². The predicted molar refractivity (Wildman–Crippen MR) is 59.0 cm³/mol. The highest BCUT2D eigenvalue weighted by molar-refractivity contribution is 5.79. The summed E-state index contributed by atoms with van der Waals surface area (Å²) in [5.74, 6) is 0.231. The maximum atomic E-state index is 10.7. The van der Waals surface area contributed by atoms with Gasteiger partial charge in [0.1, 0.15) is 5.75 Å². The lowest BCUT2D eigenvalue weighted by Crippen LogP contribution is -2.02. The molecule has 0 heterocycles. The largest absolute Gasteiger partial charge is 0.427 e. The van der Waals surface area contributed by atoms with Crippen molar-refractivity contribution >= 4 is 12.2 Å². The van der Waals surface area contributed by atoms with E-state index in [4.69, 9.17) is 4.74 Å². The molecule has 0 aliphatic rings. The molecule has 0 fully saturated rings. The quantitative estimate of drug-likeness (QED) is 0.326. The lowest BCUT2D eigenvalue weighted by molar-refractivity contribution is -0.131. The Morgan fingerprint density at radius 1 is 1.33 bits per heavy atom. The van der Waals surface area contributed by atoms with Crippen LogP contribution >= 0.6 is 0 Å². The van der Waals surface area contributed by atoms with Crippen LogP contribution in [0.15, 0.2) is 29.4 Å². The van der Waals surface area contributed by atoms with E-state index in [0.29, 0.717) is 5.75 Å². The minimum Gasteiger partial charge on any atom is -0.427 e. The third kappa shape index (κ3) is 4.26. The van der Waals surface area contributed by atoms with Crippen molar-refractivity contribution in [1.29, 1.82) is 0 Å². The van der Waals surface area contributed by atoms with Crippen molar-refractivity contribution in [3.8, 4) is 5.75 Å². The number of carbonyl (C=O) groups excluding carboxylic acids is 1. The molecular formula is C11H14N2O2. The average Bonchev–Trinajstić information content (AvgIpc) is 2.16. The normalized spacial score (nSPS) is 10.3. The van der Waals surface area contributed by atoms with E-state index in [1.807, 2.05) is 26.2 Å². The maximum absolute atomic E-state index is 10.7. The molecule has 0 aromatic heterocycles. The third-order valence-electron chi connectivity index (χ3n) is 1.58. The van der Waals surface area contributed by atoms with Crippen LogP contribution in [0, 0.1) is 0 Å². The SMILES string of the molecule is CC(=O)Oc1ccc(C=NN(C)C)cc1. The van der Waals surface area contributed by atoms with Crippen LogP contribution in [0.3, 0.4) is 0 Å². The Kier molecular flexibility index (Phi) is 3.85. The number of esters is 1. The number of nitrogens with zero attached hydrogens (tertiary/aromatic N) is 2. The molecule has 0 atom stereocenters. The van der Waals surface area contributed by atoms with Gasteiger partial charge in [0.25, 0.3) is 0 Å². The number of benzene rings is 1. The number of hydrogen-bond acceptors (Lipinski definition) is 4. The molecule has 0 N–H and O–H groups in total. The monoisotopic (exact) mass is 206 g/mol. The Hall–Kier alpha value is -1.84. The summed E-state index contributed by atoms with van der Waals surface area (Å²) in [6.45, 7) is 1.38. The fraction of sp³-hybridized carbons (Fsp3) is 0.273. The zero-order valence-electron chi connectivity index (χ0n) is 9.10. The van der Waals surface area contributed by atoms with Crippen molar-refractivity contribution in [2.45, 2.75) is 6.92 Å². The summed E-state index contributed by atoms with van der Waals surface area (Å²) in [4.78, 5) is 10.7. The van der Waals surface area contributed by atoms with Crippen LogP contribution in [-0.4, -0.2) is 31.3 Å². The van der Waals surface area contributed by atoms with Crippen molar-refractivity contribution in [3.05, 3.63) is 29.8 Å². The van der Waals surface area contributed by atoms with Crippen molar-refractivity contribution in [2.24, 2.45) is 5.10 Å². The number of hydrogen-bond donors (Lipinski definition) is 0. The zero-order valence-corrected chi connectivity index (χ0v) is 9.10. The fourth-order valence-corrected chi connectivity index (χ4v) is 0.970. The van der Waals surface area contributed by atoms with Gasteiger partial charge in [-0.15, -0.1) is 0 Å². The lowest BCUT2D eigenvalue weighted by atomic mass is 10.2. The summed E-state index contributed by atoms with van der Waals surface area (Å²) < 4.78 is 4.90. The molecule has 0 radical (unpaired) electrons. The molecule has 15 heavy (non-hydrogen) atoms. The highest BCUT2D eigenvalue weighted by Gasteiger charge is 1.96. The molecule has 0 spiro atoms. The molecule has 80 valence electrons. The summed E-state index contributed by atoms with van der Waals surface area (Å²) in [5.41, 5.74) is 0.958. The first kappa shape index (κ1) is 11.2. The molecule has 1 aromatic rings. The number of rotatable bonds is 3. The first-order valence-corrected chi connectivity index (χ1v) is 4.58. The van der Waals surface area contributed by atoms with Crippen molar-refractivity contribution in [2.75, 3.05) is 14.1 Å². The van der Waals surface area contributed by atoms with Gasteiger partial charge in [-0.05, 0) is 29.8 Å². The molecular weight excluding hydrogens is 192 g/mol. The molecule has 0 amide bonds. The molecule has 0 aliphatic heterocycles. The van der Waals surface area contributed by atoms with E-state index in [2.05, 4.69) is 5.10 Å². The van der Waals surface area contributed by atoms with Crippen LogP contribution in [0.5, 0.6) is 5.75 Å². The van der Waals surface area contributed by atoms with Gasteiger partial charge >= 0.3 is 5.97 Å². The minimum absolute atomic E-state index is 0.315. The van der Waals surface area contributed by atoms with Gasteiger partial charge in [0.2, 0.25) is 0 Å². The highest BCUT2D eigenvalue weighted by Crippen LogP contribution is 2.11. The Labute approximate surface area is 89.2 Å². The highest BCUT2D eigenvalue weighted by atomic mass is 16.5. The third-order valence-corrected chi connectivity index (χ3v) is 1.58. The van der Waals surface area contributed by atoms with Gasteiger partial charge in [0.05, 0.1) is 6.21 Å². The van der Waals surface area contributed by atoms with Gasteiger partial charge in [-0.1, -0.05) is 0 Å². The van der Waals surface area contributed by atoms with Crippen LogP contribution in [0.4, 0.5) is 0 Å². The van der Waals surface area contributed by atoms with Crippen molar-refractivity contribution in [3.63, 3.8) is 0 Å². The average molecular weight is 206 g/mol. The Bertz CT molecular complexity index is 355. The van der Waals surface area contributed by atoms with Gasteiger partial charge in [0.15, 0.2) is 0 Å². The first-order chi connectivity index (χ1) is 7.08. The Balaban J connectivity index is 2.68. The van der Waals surface area contributed by atoms with E-state index in [1.165, 1.54) is 6.92 Å². The summed E-state index contributed by atoms with van der Waals surface area (Å²) in [6.07, 6.45) is 1.73. The van der Waals surface area contributed by atoms with Crippen LogP contribution in [-0.2, 0) is 4.79 Å². The van der Waals surface area contributed by atoms with Gasteiger partial charge in [-0.25, -0.2) is 0 Å². The standard InChI is InChI=1S/C11H14N2O2/c1-9(14)15-11-6-4-10(5-7-11)8-12-13(2)3/h4-8H,1-3H3. The zero-order chi connectivity index (χ0) is 11.3. The van der Waals surface area contributed by atoms with Gasteiger partial charge < -0.3 is 9.75 Å². The molecule has 0 saturated carbocycles. The van der Waals surface area contributed by atoms with E-state index >= 15 is 0 Å².